The zero-order chi connectivity index (χ0) is 10.5. The molecule has 0 bridgehead atoms. The fourth-order valence-corrected chi connectivity index (χ4v) is 2.04. The van der Waals surface area contributed by atoms with E-state index in [9.17, 15) is 0 Å². The minimum atomic E-state index is 0.395. The van der Waals surface area contributed by atoms with Crippen LogP contribution in [-0.4, -0.2) is 19.2 Å². The molecular formula is C13H19NO. The van der Waals surface area contributed by atoms with Gasteiger partial charge in [-0.1, -0.05) is 30.3 Å². The number of rotatable bonds is 3. The Bertz CT molecular complexity index is 286. The lowest BCUT2D eigenvalue weighted by molar-refractivity contribution is -0.863. The zero-order valence-electron chi connectivity index (χ0n) is 9.11. The van der Waals surface area contributed by atoms with Crippen molar-refractivity contribution in [2.45, 2.75) is 25.6 Å². The van der Waals surface area contributed by atoms with Crippen LogP contribution < -0.4 is 4.90 Å². The molecule has 0 saturated carbocycles. The van der Waals surface area contributed by atoms with Crippen LogP contribution in [0.25, 0.3) is 0 Å². The second-order valence-electron chi connectivity index (χ2n) is 4.26. The molecule has 0 amide bonds. The van der Waals surface area contributed by atoms with Crippen LogP contribution in [0.1, 0.15) is 18.4 Å². The number of hydrogen-bond donors (Lipinski definition) is 1. The Morgan fingerprint density at radius 3 is 2.87 bits per heavy atom. The van der Waals surface area contributed by atoms with Gasteiger partial charge in [0.1, 0.15) is 6.10 Å². The summed E-state index contributed by atoms with van der Waals surface area (Å²) in [4.78, 5) is 1.35. The van der Waals surface area contributed by atoms with Crippen LogP contribution in [-0.2, 0) is 11.3 Å². The molecule has 1 aromatic carbocycles. The Kier molecular flexibility index (Phi) is 3.75. The molecule has 0 radical (unpaired) electrons. The summed E-state index contributed by atoms with van der Waals surface area (Å²) in [5.74, 6) is 0. The third kappa shape index (κ3) is 3.33. The van der Waals surface area contributed by atoms with Crippen LogP contribution in [0, 0.1) is 7.05 Å². The second kappa shape index (κ2) is 5.29. The molecule has 0 spiro atoms. The molecule has 1 aromatic rings. The van der Waals surface area contributed by atoms with E-state index in [1.54, 1.807) is 0 Å². The molecule has 0 aliphatic carbocycles. The summed E-state index contributed by atoms with van der Waals surface area (Å²) in [6.07, 6.45) is 2.82. The predicted octanol–water partition coefficient (Wildman–Crippen LogP) is 1.04. The molecule has 15 heavy (non-hydrogen) atoms. The SMILES string of the molecule is [CH2-][NH+]1CCCC(OCc2ccccc2)C1. The Morgan fingerprint density at radius 2 is 2.13 bits per heavy atom. The quantitative estimate of drug-likeness (QED) is 0.728. The summed E-state index contributed by atoms with van der Waals surface area (Å²) in [7, 11) is 4.04. The van der Waals surface area contributed by atoms with E-state index >= 15 is 0 Å². The van der Waals surface area contributed by atoms with Crippen LogP contribution in [0.2, 0.25) is 0 Å². The van der Waals surface area contributed by atoms with E-state index in [0.717, 1.165) is 13.2 Å². The van der Waals surface area contributed by atoms with Gasteiger partial charge < -0.3 is 9.64 Å². The molecule has 2 atom stereocenters. The molecule has 1 N–H and O–H groups in total. The molecule has 1 fully saturated rings. The average molecular weight is 205 g/mol. The Labute approximate surface area is 91.9 Å². The topological polar surface area (TPSA) is 13.7 Å². The molecule has 82 valence electrons. The summed E-state index contributed by atoms with van der Waals surface area (Å²) < 4.78 is 5.88. The minimum absolute atomic E-state index is 0.395. The van der Waals surface area contributed by atoms with Gasteiger partial charge in [-0.05, 0) is 18.4 Å². The van der Waals surface area contributed by atoms with Gasteiger partial charge >= 0.3 is 0 Å². The largest absolute Gasteiger partial charge is 0.466 e. The highest BCUT2D eigenvalue weighted by atomic mass is 16.5. The molecular weight excluding hydrogens is 186 g/mol. The van der Waals surface area contributed by atoms with Gasteiger partial charge in [0, 0.05) is 0 Å². The van der Waals surface area contributed by atoms with Crippen molar-refractivity contribution in [3.8, 4) is 0 Å². The van der Waals surface area contributed by atoms with Gasteiger partial charge in [0.15, 0.2) is 0 Å². The molecule has 2 unspecified atom stereocenters. The lowest BCUT2D eigenvalue weighted by Gasteiger charge is -2.31. The number of piperidine rings is 1. The molecule has 1 saturated heterocycles. The van der Waals surface area contributed by atoms with Crippen LogP contribution in [0.15, 0.2) is 30.3 Å². The highest BCUT2D eigenvalue weighted by molar-refractivity contribution is 5.13. The van der Waals surface area contributed by atoms with Gasteiger partial charge in [0.05, 0.1) is 19.7 Å². The van der Waals surface area contributed by atoms with Crippen molar-refractivity contribution in [1.29, 1.82) is 0 Å². The highest BCUT2D eigenvalue weighted by Crippen LogP contribution is 2.08. The van der Waals surface area contributed by atoms with E-state index in [1.165, 1.54) is 29.8 Å². The van der Waals surface area contributed by atoms with Gasteiger partial charge in [-0.3, -0.25) is 0 Å². The fourth-order valence-electron chi connectivity index (χ4n) is 2.04. The molecule has 1 heterocycles. The third-order valence-electron chi connectivity index (χ3n) is 2.90. The highest BCUT2D eigenvalue weighted by Gasteiger charge is 2.17. The maximum absolute atomic E-state index is 5.88. The van der Waals surface area contributed by atoms with Crippen molar-refractivity contribution in [2.24, 2.45) is 0 Å². The lowest BCUT2D eigenvalue weighted by Crippen LogP contribution is -3.09. The number of likely N-dealkylation sites (tertiary alicyclic amines) is 1. The molecule has 1 aliphatic heterocycles. The average Bonchev–Trinajstić information content (AvgIpc) is 2.28. The van der Waals surface area contributed by atoms with Gasteiger partial charge in [0.2, 0.25) is 0 Å². The van der Waals surface area contributed by atoms with E-state index in [2.05, 4.69) is 31.3 Å². The van der Waals surface area contributed by atoms with Gasteiger partial charge in [-0.15, -0.1) is 0 Å². The summed E-state index contributed by atoms with van der Waals surface area (Å²) >= 11 is 0. The van der Waals surface area contributed by atoms with Crippen molar-refractivity contribution in [3.63, 3.8) is 0 Å². The van der Waals surface area contributed by atoms with Crippen LogP contribution >= 0.6 is 0 Å². The van der Waals surface area contributed by atoms with E-state index in [0.29, 0.717) is 6.10 Å². The standard InChI is InChI=1S/C13H19NO/c1-14-9-5-8-13(10-14)15-11-12-6-3-2-4-7-12/h2-4,6-7,13-14H,1,5,8-11H2. The van der Waals surface area contributed by atoms with Crippen LogP contribution in [0.5, 0.6) is 0 Å². The maximum Gasteiger partial charge on any atom is 0.105 e. The third-order valence-corrected chi connectivity index (χ3v) is 2.90. The summed E-state index contributed by atoms with van der Waals surface area (Å²) in [5.41, 5.74) is 1.26. The van der Waals surface area contributed by atoms with Crippen molar-refractivity contribution >= 4 is 0 Å². The Morgan fingerprint density at radius 1 is 1.33 bits per heavy atom. The van der Waals surface area contributed by atoms with E-state index < -0.39 is 0 Å². The lowest BCUT2D eigenvalue weighted by atomic mass is 10.1. The normalized spacial score (nSPS) is 26.5. The van der Waals surface area contributed by atoms with Crippen molar-refractivity contribution in [1.82, 2.24) is 0 Å². The first-order valence-corrected chi connectivity index (χ1v) is 5.67. The fraction of sp³-hybridized carbons (Fsp3) is 0.462. The van der Waals surface area contributed by atoms with Crippen molar-refractivity contribution < 1.29 is 9.64 Å². The molecule has 2 nitrogen and oxygen atoms in total. The number of hydrogen-bond acceptors (Lipinski definition) is 1. The monoisotopic (exact) mass is 205 g/mol. The summed E-state index contributed by atoms with van der Waals surface area (Å²) in [6, 6.07) is 10.4. The number of nitrogens with one attached hydrogen (secondary N) is 1. The predicted molar refractivity (Wildman–Crippen MR) is 60.3 cm³/mol. The van der Waals surface area contributed by atoms with E-state index in [-0.39, 0.29) is 0 Å². The van der Waals surface area contributed by atoms with Crippen molar-refractivity contribution in [2.75, 3.05) is 13.1 Å². The first kappa shape index (κ1) is 10.7. The molecule has 2 rings (SSSR count). The van der Waals surface area contributed by atoms with Crippen molar-refractivity contribution in [3.05, 3.63) is 42.9 Å². The van der Waals surface area contributed by atoms with Gasteiger partial charge in [0.25, 0.3) is 0 Å². The van der Waals surface area contributed by atoms with Crippen LogP contribution in [0.3, 0.4) is 0 Å². The molecule has 0 aromatic heterocycles. The number of benzene rings is 1. The van der Waals surface area contributed by atoms with E-state index in [4.69, 9.17) is 4.74 Å². The van der Waals surface area contributed by atoms with Gasteiger partial charge in [-0.2, -0.15) is 7.05 Å². The van der Waals surface area contributed by atoms with Gasteiger partial charge in [-0.25, -0.2) is 0 Å². The Balaban J connectivity index is 1.78. The summed E-state index contributed by atoms with van der Waals surface area (Å²) in [5, 5.41) is 0. The zero-order valence-corrected chi connectivity index (χ0v) is 9.11. The molecule has 2 heteroatoms. The molecule has 1 aliphatic rings. The van der Waals surface area contributed by atoms with Crippen LogP contribution in [0.4, 0.5) is 0 Å². The Hall–Kier alpha value is -0.860. The smallest absolute Gasteiger partial charge is 0.105 e. The maximum atomic E-state index is 5.88. The number of quaternary nitrogens is 1. The minimum Gasteiger partial charge on any atom is -0.466 e. The number of ether oxygens (including phenoxy) is 1. The summed E-state index contributed by atoms with van der Waals surface area (Å²) in [6.45, 7) is 2.97. The van der Waals surface area contributed by atoms with E-state index in [1.807, 2.05) is 6.07 Å². The second-order valence-corrected chi connectivity index (χ2v) is 4.26. The first-order chi connectivity index (χ1) is 7.34. The first-order valence-electron chi connectivity index (χ1n) is 5.67.